The van der Waals surface area contributed by atoms with Gasteiger partial charge in [-0.25, -0.2) is 0 Å². The van der Waals surface area contributed by atoms with E-state index in [4.69, 9.17) is 4.74 Å². The first-order valence-corrected chi connectivity index (χ1v) is 5.92. The van der Waals surface area contributed by atoms with E-state index in [0.29, 0.717) is 19.4 Å². The van der Waals surface area contributed by atoms with E-state index < -0.39 is 11.9 Å². The fraction of sp³-hybridized carbons (Fsp3) is 0.429. The van der Waals surface area contributed by atoms with Gasteiger partial charge in [0.1, 0.15) is 11.7 Å². The van der Waals surface area contributed by atoms with Crippen molar-refractivity contribution in [2.24, 2.45) is 5.92 Å². The third-order valence-corrected chi connectivity index (χ3v) is 2.59. The van der Waals surface area contributed by atoms with E-state index in [1.165, 1.54) is 0 Å². The van der Waals surface area contributed by atoms with Crippen LogP contribution in [0.3, 0.4) is 0 Å². The standard InChI is InChI=1S/C14H18O3/c1-3-13(15)12(14(16)17-4-2)10-11-8-6-5-7-9-11/h5-9,12H,3-4,10H2,1-2H3/t12-/m1/s1. The Balaban J connectivity index is 2.77. The normalized spacial score (nSPS) is 11.9. The lowest BCUT2D eigenvalue weighted by Gasteiger charge is -2.13. The molecule has 0 unspecified atom stereocenters. The summed E-state index contributed by atoms with van der Waals surface area (Å²) in [5, 5.41) is 0. The highest BCUT2D eigenvalue weighted by molar-refractivity contribution is 5.99. The van der Waals surface area contributed by atoms with Crippen molar-refractivity contribution >= 4 is 11.8 Å². The second-order valence-corrected chi connectivity index (χ2v) is 3.81. The van der Waals surface area contributed by atoms with Crippen molar-refractivity contribution in [3.63, 3.8) is 0 Å². The summed E-state index contributed by atoms with van der Waals surface area (Å²) in [7, 11) is 0. The van der Waals surface area contributed by atoms with Crippen LogP contribution in [0.15, 0.2) is 30.3 Å². The molecule has 92 valence electrons. The first-order valence-electron chi connectivity index (χ1n) is 5.92. The quantitative estimate of drug-likeness (QED) is 0.560. The Hall–Kier alpha value is -1.64. The number of benzene rings is 1. The molecule has 0 aromatic heterocycles. The van der Waals surface area contributed by atoms with Gasteiger partial charge in [0.05, 0.1) is 6.61 Å². The van der Waals surface area contributed by atoms with E-state index in [2.05, 4.69) is 0 Å². The van der Waals surface area contributed by atoms with Crippen molar-refractivity contribution in [2.75, 3.05) is 6.61 Å². The van der Waals surface area contributed by atoms with Crippen LogP contribution in [-0.2, 0) is 20.7 Å². The molecule has 0 aliphatic carbocycles. The van der Waals surface area contributed by atoms with Crippen molar-refractivity contribution in [3.8, 4) is 0 Å². The number of carbonyl (C=O) groups is 2. The molecule has 1 rings (SSSR count). The number of ether oxygens (including phenoxy) is 1. The number of hydrogen-bond donors (Lipinski definition) is 0. The number of hydrogen-bond acceptors (Lipinski definition) is 3. The predicted molar refractivity (Wildman–Crippen MR) is 65.6 cm³/mol. The van der Waals surface area contributed by atoms with E-state index in [1.807, 2.05) is 30.3 Å². The Morgan fingerprint density at radius 1 is 1.18 bits per heavy atom. The van der Waals surface area contributed by atoms with Crippen LogP contribution in [0.1, 0.15) is 25.8 Å². The zero-order valence-electron chi connectivity index (χ0n) is 10.3. The van der Waals surface area contributed by atoms with Gasteiger partial charge in [-0.3, -0.25) is 9.59 Å². The summed E-state index contributed by atoms with van der Waals surface area (Å²) in [5.74, 6) is -1.14. The Bertz CT molecular complexity index is 370. The molecule has 1 aromatic carbocycles. The Morgan fingerprint density at radius 3 is 2.35 bits per heavy atom. The number of Topliss-reactive ketones (excluding diaryl/α,β-unsaturated/α-hetero) is 1. The largest absolute Gasteiger partial charge is 0.465 e. The Kier molecular flexibility index (Phi) is 5.40. The van der Waals surface area contributed by atoms with Crippen molar-refractivity contribution in [1.29, 1.82) is 0 Å². The molecule has 0 bridgehead atoms. The molecule has 0 radical (unpaired) electrons. The smallest absolute Gasteiger partial charge is 0.316 e. The summed E-state index contributed by atoms with van der Waals surface area (Å²) in [4.78, 5) is 23.4. The molecule has 1 atom stereocenters. The first kappa shape index (κ1) is 13.4. The molecule has 0 heterocycles. The molecule has 3 heteroatoms. The highest BCUT2D eigenvalue weighted by Crippen LogP contribution is 2.13. The molecule has 0 spiro atoms. The van der Waals surface area contributed by atoms with E-state index in [0.717, 1.165) is 5.56 Å². The number of rotatable bonds is 6. The van der Waals surface area contributed by atoms with Crippen LogP contribution in [0.4, 0.5) is 0 Å². The van der Waals surface area contributed by atoms with Gasteiger partial charge < -0.3 is 4.74 Å². The molecule has 0 N–H and O–H groups in total. The molecular formula is C14H18O3. The number of esters is 1. The van der Waals surface area contributed by atoms with Crippen LogP contribution in [0.5, 0.6) is 0 Å². The lowest BCUT2D eigenvalue weighted by molar-refractivity contribution is -0.151. The second kappa shape index (κ2) is 6.84. The van der Waals surface area contributed by atoms with Crippen LogP contribution in [-0.4, -0.2) is 18.4 Å². The van der Waals surface area contributed by atoms with Crippen molar-refractivity contribution < 1.29 is 14.3 Å². The molecule has 1 aromatic rings. The third kappa shape index (κ3) is 4.02. The van der Waals surface area contributed by atoms with Gasteiger partial charge in [-0.05, 0) is 18.9 Å². The van der Waals surface area contributed by atoms with Gasteiger partial charge >= 0.3 is 5.97 Å². The lowest BCUT2D eigenvalue weighted by Crippen LogP contribution is -2.27. The zero-order chi connectivity index (χ0) is 12.7. The number of carbonyl (C=O) groups excluding carboxylic acids is 2. The molecule has 0 aliphatic heterocycles. The van der Waals surface area contributed by atoms with Crippen LogP contribution in [0, 0.1) is 5.92 Å². The molecule has 0 saturated heterocycles. The predicted octanol–water partition coefficient (Wildman–Crippen LogP) is 2.39. The molecule has 0 amide bonds. The van der Waals surface area contributed by atoms with Crippen molar-refractivity contribution in [3.05, 3.63) is 35.9 Å². The molecular weight excluding hydrogens is 216 g/mol. The maximum atomic E-state index is 11.7. The fourth-order valence-corrected chi connectivity index (χ4v) is 1.67. The Labute approximate surface area is 102 Å². The van der Waals surface area contributed by atoms with E-state index in [1.54, 1.807) is 13.8 Å². The van der Waals surface area contributed by atoms with Crippen LogP contribution in [0.2, 0.25) is 0 Å². The highest BCUT2D eigenvalue weighted by Gasteiger charge is 2.26. The van der Waals surface area contributed by atoms with Crippen LogP contribution < -0.4 is 0 Å². The molecule has 17 heavy (non-hydrogen) atoms. The topological polar surface area (TPSA) is 43.4 Å². The maximum absolute atomic E-state index is 11.7. The van der Waals surface area contributed by atoms with Crippen molar-refractivity contribution in [2.45, 2.75) is 26.7 Å². The Morgan fingerprint density at radius 2 is 1.82 bits per heavy atom. The SMILES string of the molecule is CCOC(=O)[C@H](Cc1ccccc1)C(=O)CC. The van der Waals surface area contributed by atoms with Crippen LogP contribution >= 0.6 is 0 Å². The average Bonchev–Trinajstić information content (AvgIpc) is 2.36. The minimum Gasteiger partial charge on any atom is -0.465 e. The van der Waals surface area contributed by atoms with Gasteiger partial charge in [0, 0.05) is 6.42 Å². The summed E-state index contributed by atoms with van der Waals surface area (Å²) in [6, 6.07) is 9.52. The van der Waals surface area contributed by atoms with Gasteiger partial charge in [0.2, 0.25) is 0 Å². The van der Waals surface area contributed by atoms with E-state index >= 15 is 0 Å². The monoisotopic (exact) mass is 234 g/mol. The minimum atomic E-state index is -0.664. The summed E-state index contributed by atoms with van der Waals surface area (Å²) in [6.07, 6.45) is 0.780. The minimum absolute atomic E-state index is 0.0627. The van der Waals surface area contributed by atoms with Crippen molar-refractivity contribution in [1.82, 2.24) is 0 Å². The van der Waals surface area contributed by atoms with E-state index in [-0.39, 0.29) is 5.78 Å². The van der Waals surface area contributed by atoms with Gasteiger partial charge in [0.25, 0.3) is 0 Å². The lowest BCUT2D eigenvalue weighted by atomic mass is 9.94. The second-order valence-electron chi connectivity index (χ2n) is 3.81. The summed E-state index contributed by atoms with van der Waals surface area (Å²) < 4.78 is 4.94. The summed E-state index contributed by atoms with van der Waals surface area (Å²) in [5.41, 5.74) is 0.979. The van der Waals surface area contributed by atoms with Gasteiger partial charge in [-0.1, -0.05) is 37.3 Å². The molecule has 0 aliphatic rings. The van der Waals surface area contributed by atoms with Gasteiger partial charge in [0.15, 0.2) is 0 Å². The van der Waals surface area contributed by atoms with E-state index in [9.17, 15) is 9.59 Å². The third-order valence-electron chi connectivity index (χ3n) is 2.59. The molecule has 0 saturated carbocycles. The summed E-state index contributed by atoms with van der Waals surface area (Å²) in [6.45, 7) is 3.81. The molecule has 3 nitrogen and oxygen atoms in total. The number of ketones is 1. The first-order chi connectivity index (χ1) is 8.19. The van der Waals surface area contributed by atoms with Gasteiger partial charge in [-0.15, -0.1) is 0 Å². The highest BCUT2D eigenvalue weighted by atomic mass is 16.5. The summed E-state index contributed by atoms with van der Waals surface area (Å²) >= 11 is 0. The maximum Gasteiger partial charge on any atom is 0.316 e. The molecule has 0 fully saturated rings. The zero-order valence-corrected chi connectivity index (χ0v) is 10.3. The fourth-order valence-electron chi connectivity index (χ4n) is 1.67. The van der Waals surface area contributed by atoms with Crippen LogP contribution in [0.25, 0.3) is 0 Å². The van der Waals surface area contributed by atoms with Gasteiger partial charge in [-0.2, -0.15) is 0 Å². The average molecular weight is 234 g/mol.